The van der Waals surface area contributed by atoms with Crippen LogP contribution < -0.4 is 5.32 Å². The van der Waals surface area contributed by atoms with Crippen molar-refractivity contribution in [3.63, 3.8) is 0 Å². The fourth-order valence-electron chi connectivity index (χ4n) is 2.82. The Morgan fingerprint density at radius 1 is 1.15 bits per heavy atom. The molecule has 0 aromatic heterocycles. The quantitative estimate of drug-likeness (QED) is 0.548. The number of sulfone groups is 1. The maximum atomic E-state index is 11.7. The maximum Gasteiger partial charge on any atom is 0.293 e. The molecule has 0 unspecified atom stereocenters. The molecule has 1 atom stereocenters. The number of benzene rings is 2. The van der Waals surface area contributed by atoms with E-state index in [2.05, 4.69) is 36.5 Å². The third-order valence-electron chi connectivity index (χ3n) is 4.48. The van der Waals surface area contributed by atoms with Crippen LogP contribution in [0.2, 0.25) is 0 Å². The minimum absolute atomic E-state index is 0.00472. The largest absolute Gasteiger partial charge is 0.378 e. The molecule has 0 aliphatic heterocycles. The zero-order valence-electron chi connectivity index (χ0n) is 16.0. The highest BCUT2D eigenvalue weighted by molar-refractivity contribution is 7.90. The van der Waals surface area contributed by atoms with Gasteiger partial charge in [0, 0.05) is 18.9 Å². The van der Waals surface area contributed by atoms with Gasteiger partial charge in [-0.15, -0.1) is 0 Å². The lowest BCUT2D eigenvalue weighted by Gasteiger charge is -2.25. The first-order valence-corrected chi connectivity index (χ1v) is 10.5. The normalized spacial score (nSPS) is 12.8. The van der Waals surface area contributed by atoms with Crippen LogP contribution in [0, 0.1) is 10.1 Å². The molecule has 0 aliphatic rings. The summed E-state index contributed by atoms with van der Waals surface area (Å²) in [5.41, 5.74) is 2.39. The summed E-state index contributed by atoms with van der Waals surface area (Å²) < 4.78 is 23.3. The second-order valence-corrected chi connectivity index (χ2v) is 8.68. The van der Waals surface area contributed by atoms with E-state index in [0.29, 0.717) is 12.2 Å². The molecule has 0 radical (unpaired) electrons. The molecular formula is C19H25N3O4S. The van der Waals surface area contributed by atoms with Crippen LogP contribution in [0.1, 0.15) is 24.1 Å². The van der Waals surface area contributed by atoms with Gasteiger partial charge in [-0.1, -0.05) is 31.2 Å². The van der Waals surface area contributed by atoms with Gasteiger partial charge >= 0.3 is 0 Å². The van der Waals surface area contributed by atoms with Crippen molar-refractivity contribution in [1.82, 2.24) is 4.90 Å². The molecule has 7 nitrogen and oxygen atoms in total. The van der Waals surface area contributed by atoms with Crippen LogP contribution in [0.25, 0.3) is 0 Å². The van der Waals surface area contributed by atoms with Gasteiger partial charge in [-0.25, -0.2) is 8.42 Å². The van der Waals surface area contributed by atoms with E-state index in [9.17, 15) is 18.5 Å². The van der Waals surface area contributed by atoms with Gasteiger partial charge in [0.2, 0.25) is 0 Å². The molecule has 0 saturated heterocycles. The molecule has 0 heterocycles. The van der Waals surface area contributed by atoms with Gasteiger partial charge in [0.25, 0.3) is 5.69 Å². The van der Waals surface area contributed by atoms with Crippen molar-refractivity contribution in [3.8, 4) is 0 Å². The SMILES string of the molecule is CCc1ccc([C@H](CNc2ccc(S(C)(=O)=O)cc2[N+](=O)[O-])N(C)C)cc1. The van der Waals surface area contributed by atoms with Crippen LogP contribution >= 0.6 is 0 Å². The van der Waals surface area contributed by atoms with E-state index >= 15 is 0 Å². The van der Waals surface area contributed by atoms with Crippen LogP contribution in [-0.4, -0.2) is 45.1 Å². The predicted molar refractivity (Wildman–Crippen MR) is 107 cm³/mol. The van der Waals surface area contributed by atoms with Crippen molar-refractivity contribution in [3.05, 3.63) is 63.7 Å². The predicted octanol–water partition coefficient (Wildman–Crippen LogP) is 3.28. The summed E-state index contributed by atoms with van der Waals surface area (Å²) in [6.07, 6.45) is 1.99. The molecule has 0 fully saturated rings. The van der Waals surface area contributed by atoms with Crippen molar-refractivity contribution >= 4 is 21.2 Å². The molecule has 0 bridgehead atoms. The summed E-state index contributed by atoms with van der Waals surface area (Å²) in [5, 5.41) is 14.5. The monoisotopic (exact) mass is 391 g/mol. The van der Waals surface area contributed by atoms with Gasteiger partial charge in [-0.3, -0.25) is 10.1 Å². The second-order valence-electron chi connectivity index (χ2n) is 6.66. The van der Waals surface area contributed by atoms with E-state index in [-0.39, 0.29) is 16.6 Å². The Hall–Kier alpha value is -2.45. The molecule has 2 rings (SSSR count). The second kappa shape index (κ2) is 8.49. The lowest BCUT2D eigenvalue weighted by molar-refractivity contribution is -0.384. The molecule has 0 saturated carbocycles. The fourth-order valence-corrected chi connectivity index (χ4v) is 3.46. The minimum Gasteiger partial charge on any atom is -0.378 e. The molecule has 0 spiro atoms. The molecular weight excluding hydrogens is 366 g/mol. The Morgan fingerprint density at radius 3 is 2.26 bits per heavy atom. The Labute approximate surface area is 160 Å². The van der Waals surface area contributed by atoms with Gasteiger partial charge in [-0.05, 0) is 43.8 Å². The van der Waals surface area contributed by atoms with Gasteiger partial charge in [0.05, 0.1) is 15.9 Å². The first kappa shape index (κ1) is 20.9. The molecule has 2 aromatic rings. The van der Waals surface area contributed by atoms with E-state index < -0.39 is 14.8 Å². The molecule has 2 aromatic carbocycles. The van der Waals surface area contributed by atoms with E-state index in [1.807, 2.05) is 19.0 Å². The summed E-state index contributed by atoms with van der Waals surface area (Å²) in [4.78, 5) is 12.8. The number of rotatable bonds is 8. The Bertz CT molecular complexity index is 909. The first-order valence-electron chi connectivity index (χ1n) is 8.61. The van der Waals surface area contributed by atoms with Crippen LogP contribution in [0.15, 0.2) is 47.4 Å². The molecule has 8 heteroatoms. The number of nitro groups is 1. The molecule has 0 aliphatic carbocycles. The van der Waals surface area contributed by atoms with Gasteiger partial charge in [0.15, 0.2) is 9.84 Å². The third-order valence-corrected chi connectivity index (χ3v) is 5.59. The van der Waals surface area contributed by atoms with Crippen LogP contribution in [0.3, 0.4) is 0 Å². The number of hydrogen-bond donors (Lipinski definition) is 1. The number of likely N-dealkylation sites (N-methyl/N-ethyl adjacent to an activating group) is 1. The number of nitrogens with one attached hydrogen (secondary N) is 1. The van der Waals surface area contributed by atoms with Crippen molar-refractivity contribution in [2.24, 2.45) is 0 Å². The highest BCUT2D eigenvalue weighted by Crippen LogP contribution is 2.29. The summed E-state index contributed by atoms with van der Waals surface area (Å²) in [6.45, 7) is 2.54. The van der Waals surface area contributed by atoms with Crippen molar-refractivity contribution in [1.29, 1.82) is 0 Å². The summed E-state index contributed by atoms with van der Waals surface area (Å²) in [5.74, 6) is 0. The molecule has 146 valence electrons. The summed E-state index contributed by atoms with van der Waals surface area (Å²) in [7, 11) is 0.381. The Balaban J connectivity index is 2.27. The number of nitro benzene ring substituents is 1. The number of anilines is 1. The summed E-state index contributed by atoms with van der Waals surface area (Å²) in [6, 6.07) is 12.2. The van der Waals surface area contributed by atoms with E-state index in [0.717, 1.165) is 24.3 Å². The van der Waals surface area contributed by atoms with Gasteiger partial charge in [-0.2, -0.15) is 0 Å². The minimum atomic E-state index is -3.51. The topological polar surface area (TPSA) is 92.5 Å². The Morgan fingerprint density at radius 2 is 1.78 bits per heavy atom. The smallest absolute Gasteiger partial charge is 0.293 e. The number of hydrogen-bond acceptors (Lipinski definition) is 6. The van der Waals surface area contributed by atoms with Crippen molar-refractivity contribution in [2.45, 2.75) is 24.3 Å². The lowest BCUT2D eigenvalue weighted by atomic mass is 10.0. The molecule has 1 N–H and O–H groups in total. The van der Waals surface area contributed by atoms with E-state index in [4.69, 9.17) is 0 Å². The highest BCUT2D eigenvalue weighted by Gasteiger charge is 2.20. The lowest BCUT2D eigenvalue weighted by Crippen LogP contribution is -2.27. The third kappa shape index (κ3) is 5.27. The van der Waals surface area contributed by atoms with Crippen molar-refractivity contribution < 1.29 is 13.3 Å². The average molecular weight is 391 g/mol. The standard InChI is InChI=1S/C19H25N3O4S/c1-5-14-6-8-15(9-7-14)19(21(2)3)13-20-17-11-10-16(27(4,25)26)12-18(17)22(23)24/h6-12,19-20H,5,13H2,1-4H3/t19-/m0/s1. The Kier molecular flexibility index (Phi) is 6.56. The zero-order chi connectivity index (χ0) is 20.2. The molecule has 27 heavy (non-hydrogen) atoms. The summed E-state index contributed by atoms with van der Waals surface area (Å²) >= 11 is 0. The maximum absolute atomic E-state index is 11.7. The van der Waals surface area contributed by atoms with Gasteiger partial charge < -0.3 is 10.2 Å². The molecule has 0 amide bonds. The average Bonchev–Trinajstić information content (AvgIpc) is 2.61. The first-order chi connectivity index (χ1) is 12.6. The van der Waals surface area contributed by atoms with Crippen LogP contribution in [-0.2, 0) is 16.3 Å². The zero-order valence-corrected chi connectivity index (χ0v) is 16.8. The van der Waals surface area contributed by atoms with Crippen molar-refractivity contribution in [2.75, 3.05) is 32.2 Å². The van der Waals surface area contributed by atoms with E-state index in [1.54, 1.807) is 0 Å². The van der Waals surface area contributed by atoms with E-state index in [1.165, 1.54) is 17.7 Å². The van der Waals surface area contributed by atoms with Gasteiger partial charge in [0.1, 0.15) is 5.69 Å². The van der Waals surface area contributed by atoms with Crippen LogP contribution in [0.4, 0.5) is 11.4 Å². The number of nitrogens with zero attached hydrogens (tertiary/aromatic N) is 2. The van der Waals surface area contributed by atoms with Crippen LogP contribution in [0.5, 0.6) is 0 Å². The highest BCUT2D eigenvalue weighted by atomic mass is 32.2. The fraction of sp³-hybridized carbons (Fsp3) is 0.368. The number of aryl methyl sites for hydroxylation is 1.